The molecule has 0 saturated carbocycles. The number of hydrogen-bond donors (Lipinski definition) is 1. The Balaban J connectivity index is 0.00000112. The average Bonchev–Trinajstić information content (AvgIpc) is 2.19. The predicted octanol–water partition coefficient (Wildman–Crippen LogP) is 2.25. The highest BCUT2D eigenvalue weighted by molar-refractivity contribution is 5.89. The Kier molecular flexibility index (Phi) is 2.11. The lowest BCUT2D eigenvalue weighted by Crippen LogP contribution is -2.11. The first kappa shape index (κ1) is 8.99. The minimum atomic E-state index is 0. The van der Waals surface area contributed by atoms with Crippen molar-refractivity contribution in [1.82, 2.24) is 9.78 Å². The third-order valence-electron chi connectivity index (χ3n) is 2.38. The van der Waals surface area contributed by atoms with Crippen molar-refractivity contribution in [2.75, 3.05) is 14.2 Å². The van der Waals surface area contributed by atoms with Crippen LogP contribution in [0.15, 0.2) is 12.1 Å². The number of rotatable bonds is 3. The van der Waals surface area contributed by atoms with Crippen molar-refractivity contribution in [1.29, 1.82) is 0 Å². The van der Waals surface area contributed by atoms with Crippen LogP contribution in [0.1, 0.15) is 8.35 Å². The van der Waals surface area contributed by atoms with Gasteiger partial charge in [0, 0.05) is 7.97 Å². The lowest BCUT2D eigenvalue weighted by Gasteiger charge is -2.19. The first-order valence-corrected chi connectivity index (χ1v) is 4.61. The highest BCUT2D eigenvalue weighted by Crippen LogP contribution is 2.33. The number of aromatic nitrogens is 2. The number of nitrogens with zero attached hydrogens (tertiary/aromatic N) is 1. The van der Waals surface area contributed by atoms with Gasteiger partial charge in [-0.2, -0.15) is 0 Å². The second-order valence-electron chi connectivity index (χ2n) is 3.05. The molecule has 14 heavy (non-hydrogen) atoms. The van der Waals surface area contributed by atoms with Gasteiger partial charge in [-0.3, -0.25) is 9.78 Å². The fourth-order valence-corrected chi connectivity index (χ4v) is 1.64. The lowest BCUT2D eigenvalue weighted by atomic mass is 10.2. The topological polar surface area (TPSA) is 39.2 Å². The third-order valence-corrected chi connectivity index (χ3v) is 2.38. The Hall–Kier alpha value is -1.58. The fraction of sp³-hybridized carbons (Fsp3) is 0.400. The predicted molar refractivity (Wildman–Crippen MR) is 57.2 cm³/mol. The number of ether oxygens (including phenoxy) is 2. The largest absolute Gasteiger partial charge is 0.494 e. The molecule has 0 saturated heterocycles. The number of fused-ring (bicyclic) bond motifs is 1. The van der Waals surface area contributed by atoms with Crippen LogP contribution >= 0.6 is 0 Å². The number of methoxy groups -OCH3 is 2. The van der Waals surface area contributed by atoms with Gasteiger partial charge in [0.1, 0.15) is 22.5 Å². The van der Waals surface area contributed by atoms with E-state index in [1.54, 1.807) is 14.2 Å². The maximum Gasteiger partial charge on any atom is 0.146 e. The van der Waals surface area contributed by atoms with E-state index in [4.69, 9.17) is 9.47 Å². The molecule has 0 atom stereocenters. The Morgan fingerprint density at radius 1 is 1.29 bits per heavy atom. The summed E-state index contributed by atoms with van der Waals surface area (Å²) in [6, 6.07) is 3.82. The van der Waals surface area contributed by atoms with E-state index in [-0.39, 0.29) is 1.43 Å². The van der Waals surface area contributed by atoms with Crippen LogP contribution in [-0.2, 0) is 6.54 Å². The van der Waals surface area contributed by atoms with Crippen molar-refractivity contribution < 1.29 is 10.9 Å². The highest BCUT2D eigenvalue weighted by Gasteiger charge is 2.14. The van der Waals surface area contributed by atoms with Gasteiger partial charge < -0.3 is 9.47 Å². The van der Waals surface area contributed by atoms with E-state index < -0.39 is 0 Å². The zero-order valence-corrected chi connectivity index (χ0v) is 8.63. The minimum Gasteiger partial charge on any atom is -0.494 e. The van der Waals surface area contributed by atoms with Gasteiger partial charge in [-0.15, -0.1) is 0 Å². The van der Waals surface area contributed by atoms with Crippen molar-refractivity contribution >= 4 is 11.0 Å². The molecule has 4 nitrogen and oxygen atoms in total. The van der Waals surface area contributed by atoms with E-state index in [1.165, 1.54) is 0 Å². The van der Waals surface area contributed by atoms with Crippen LogP contribution in [0.4, 0.5) is 0 Å². The van der Waals surface area contributed by atoms with Gasteiger partial charge >= 0.3 is 0 Å². The van der Waals surface area contributed by atoms with Gasteiger partial charge in [0.15, 0.2) is 0 Å². The molecule has 0 aliphatic carbocycles. The summed E-state index contributed by atoms with van der Waals surface area (Å²) >= 11 is 0. The van der Waals surface area contributed by atoms with Gasteiger partial charge in [-0.1, -0.05) is 0 Å². The second-order valence-corrected chi connectivity index (χ2v) is 3.05. The van der Waals surface area contributed by atoms with Crippen LogP contribution in [0.5, 0.6) is 11.5 Å². The van der Waals surface area contributed by atoms with Crippen LogP contribution in [0.2, 0.25) is 0 Å². The average molecular weight is 196 g/mol. The molecule has 1 N–H and O–H groups in total. The molecule has 0 aliphatic heterocycles. The maximum absolute atomic E-state index is 5.27. The van der Waals surface area contributed by atoms with E-state index in [2.05, 4.69) is 12.0 Å². The molecule has 2 rings (SSSR count). The maximum atomic E-state index is 5.27. The van der Waals surface area contributed by atoms with Crippen molar-refractivity contribution in [2.24, 2.45) is 0 Å². The molecule has 4 heteroatoms. The minimum absolute atomic E-state index is 0. The Bertz CT molecular complexity index is 447. The Morgan fingerprint density at radius 2 is 1.93 bits per heavy atom. The van der Waals surface area contributed by atoms with Crippen LogP contribution in [0.25, 0.3) is 11.0 Å². The van der Waals surface area contributed by atoms with Gasteiger partial charge in [0.2, 0.25) is 0 Å². The smallest absolute Gasteiger partial charge is 0.146 e. The fourth-order valence-electron chi connectivity index (χ4n) is 1.64. The molecule has 0 amide bonds. The second kappa shape index (κ2) is 3.29. The lowest BCUT2D eigenvalue weighted by molar-refractivity contribution is 0.402. The molecule has 0 aliphatic rings. The molecular weight excluding hydrogens is 180 g/mol. The quantitative estimate of drug-likeness (QED) is 0.817. The summed E-state index contributed by atoms with van der Waals surface area (Å²) in [4.78, 5) is 0. The molecular formula is C10H16N2O2. The summed E-state index contributed by atoms with van der Waals surface area (Å²) in [6.07, 6.45) is 0. The molecule has 0 bridgehead atoms. The Morgan fingerprint density at radius 3 is 2.50 bits per heavy atom. The summed E-state index contributed by atoms with van der Waals surface area (Å²) in [7, 11) is 3.34. The molecule has 78 valence electrons. The molecule has 0 fully saturated rings. The van der Waals surface area contributed by atoms with Crippen molar-refractivity contribution in [3.8, 4) is 11.5 Å². The molecule has 0 unspecified atom stereocenters. The van der Waals surface area contributed by atoms with Gasteiger partial charge in [-0.25, -0.2) is 0 Å². The van der Waals surface area contributed by atoms with Crippen molar-refractivity contribution in [3.63, 3.8) is 0 Å². The summed E-state index contributed by atoms with van der Waals surface area (Å²) in [5, 5.41) is 3.20. The van der Waals surface area contributed by atoms with E-state index in [1.807, 2.05) is 16.8 Å². The number of H-pyrrole nitrogens is 1. The number of hydrogen-bond acceptors (Lipinski definition) is 2. The monoisotopic (exact) mass is 196 g/mol. The van der Waals surface area contributed by atoms with E-state index in [0.29, 0.717) is 0 Å². The SMILES string of the molecule is CCn1[nH]c2c(OC)ccc(OC)c21.[HH]. The van der Waals surface area contributed by atoms with Gasteiger partial charge in [0.05, 0.1) is 14.2 Å². The molecule has 2 aromatic rings. The first-order valence-electron chi connectivity index (χ1n) is 4.61. The highest BCUT2D eigenvalue weighted by atomic mass is 16.5. The zero-order chi connectivity index (χ0) is 10.1. The summed E-state index contributed by atoms with van der Waals surface area (Å²) in [5.74, 6) is 1.73. The Labute approximate surface area is 83.9 Å². The molecule has 0 spiro atoms. The number of aryl methyl sites for hydroxylation is 1. The van der Waals surface area contributed by atoms with Crippen LogP contribution < -0.4 is 9.47 Å². The van der Waals surface area contributed by atoms with Crippen LogP contribution in [-0.4, -0.2) is 24.0 Å². The van der Waals surface area contributed by atoms with E-state index in [0.717, 1.165) is 29.1 Å². The first-order chi connectivity index (χ1) is 6.81. The van der Waals surface area contributed by atoms with Gasteiger partial charge in [-0.05, 0) is 19.1 Å². The normalized spacial score (nSPS) is 10.8. The third kappa shape index (κ3) is 1.07. The summed E-state index contributed by atoms with van der Waals surface area (Å²) in [5.41, 5.74) is 2.09. The summed E-state index contributed by atoms with van der Waals surface area (Å²) < 4.78 is 12.5. The zero-order valence-electron chi connectivity index (χ0n) is 8.63. The van der Waals surface area contributed by atoms with E-state index in [9.17, 15) is 0 Å². The van der Waals surface area contributed by atoms with Crippen LogP contribution in [0.3, 0.4) is 0 Å². The van der Waals surface area contributed by atoms with Crippen molar-refractivity contribution in [2.45, 2.75) is 13.5 Å². The number of aromatic amines is 1. The molecule has 1 aromatic heterocycles. The molecule has 1 aromatic carbocycles. The van der Waals surface area contributed by atoms with E-state index >= 15 is 0 Å². The van der Waals surface area contributed by atoms with Crippen molar-refractivity contribution in [3.05, 3.63) is 12.1 Å². The van der Waals surface area contributed by atoms with Crippen LogP contribution in [0, 0.1) is 0 Å². The number of nitrogens with one attached hydrogen (secondary N) is 1. The number of benzene rings is 1. The standard InChI is InChI=1S/C10H14N2O2.H2/c1-4-12-10-8(14-3)6-5-7(13-2)9(10)11-12;/h5-6,11H,4H2,1-3H3;1H. The van der Waals surface area contributed by atoms with Gasteiger partial charge in [0.25, 0.3) is 0 Å². The summed E-state index contributed by atoms with van der Waals surface area (Å²) in [6.45, 7) is 2.98. The molecule has 1 heterocycles. The molecule has 0 radical (unpaired) electrons.